The van der Waals surface area contributed by atoms with Crippen LogP contribution in [-0.2, 0) is 6.54 Å². The van der Waals surface area contributed by atoms with Crippen molar-refractivity contribution in [3.05, 3.63) is 54.2 Å². The lowest BCUT2D eigenvalue weighted by Crippen LogP contribution is -2.40. The van der Waals surface area contributed by atoms with Gasteiger partial charge in [-0.3, -0.25) is 4.99 Å². The first-order valence-electron chi connectivity index (χ1n) is 7.82. The van der Waals surface area contributed by atoms with Crippen LogP contribution in [0.2, 0.25) is 0 Å². The van der Waals surface area contributed by atoms with E-state index in [9.17, 15) is 0 Å². The van der Waals surface area contributed by atoms with Crippen LogP contribution in [0.3, 0.4) is 0 Å². The summed E-state index contributed by atoms with van der Waals surface area (Å²) in [6.07, 6.45) is 0. The molecule has 0 aliphatic rings. The van der Waals surface area contributed by atoms with E-state index in [-0.39, 0.29) is 0 Å². The fourth-order valence-electron chi connectivity index (χ4n) is 2.15. The first kappa shape index (κ1) is 17.6. The highest BCUT2D eigenvalue weighted by Crippen LogP contribution is 2.08. The Morgan fingerprint density at radius 1 is 1.17 bits per heavy atom. The SMILES string of the molecule is CN=C(NCc1cccc(OC)n1)N(C)CCOc1ccccc1. The van der Waals surface area contributed by atoms with Gasteiger partial charge in [-0.2, -0.15) is 0 Å². The number of nitrogens with one attached hydrogen (secondary N) is 1. The van der Waals surface area contributed by atoms with E-state index in [0.717, 1.165) is 23.9 Å². The number of nitrogens with zero attached hydrogens (tertiary/aromatic N) is 3. The van der Waals surface area contributed by atoms with Crippen LogP contribution in [0.4, 0.5) is 0 Å². The average molecular weight is 328 g/mol. The highest BCUT2D eigenvalue weighted by molar-refractivity contribution is 5.79. The van der Waals surface area contributed by atoms with Crippen molar-refractivity contribution >= 4 is 5.96 Å². The van der Waals surface area contributed by atoms with E-state index < -0.39 is 0 Å². The molecule has 0 unspecified atom stereocenters. The number of aliphatic imine (C=N–C) groups is 1. The van der Waals surface area contributed by atoms with E-state index in [1.165, 1.54) is 0 Å². The highest BCUT2D eigenvalue weighted by Gasteiger charge is 2.06. The van der Waals surface area contributed by atoms with Gasteiger partial charge >= 0.3 is 0 Å². The molecule has 0 bridgehead atoms. The molecule has 1 aromatic carbocycles. The van der Waals surface area contributed by atoms with Crippen LogP contribution in [0, 0.1) is 0 Å². The molecule has 1 aromatic heterocycles. The van der Waals surface area contributed by atoms with Crippen molar-refractivity contribution in [2.45, 2.75) is 6.54 Å². The Morgan fingerprint density at radius 2 is 1.96 bits per heavy atom. The van der Waals surface area contributed by atoms with Gasteiger partial charge in [-0.1, -0.05) is 24.3 Å². The summed E-state index contributed by atoms with van der Waals surface area (Å²) in [5.74, 6) is 2.26. The van der Waals surface area contributed by atoms with Crippen LogP contribution in [0.15, 0.2) is 53.5 Å². The maximum atomic E-state index is 5.71. The average Bonchev–Trinajstić information content (AvgIpc) is 2.63. The Kier molecular flexibility index (Phi) is 6.89. The summed E-state index contributed by atoms with van der Waals surface area (Å²) in [6, 6.07) is 15.5. The number of aromatic nitrogens is 1. The standard InChI is InChI=1S/C18H24N4O2/c1-19-18(20-14-15-8-7-11-17(21-15)23-3)22(2)12-13-24-16-9-5-4-6-10-16/h4-11H,12-14H2,1-3H3,(H,19,20). The van der Waals surface area contributed by atoms with Crippen LogP contribution in [0.5, 0.6) is 11.6 Å². The smallest absolute Gasteiger partial charge is 0.213 e. The van der Waals surface area contributed by atoms with Gasteiger partial charge in [0.05, 0.1) is 25.9 Å². The zero-order valence-electron chi connectivity index (χ0n) is 14.4. The molecule has 128 valence electrons. The van der Waals surface area contributed by atoms with E-state index in [1.807, 2.05) is 60.5 Å². The molecule has 0 amide bonds. The molecule has 6 nitrogen and oxygen atoms in total. The fraction of sp³-hybridized carbons (Fsp3) is 0.333. The van der Waals surface area contributed by atoms with Crippen molar-refractivity contribution in [2.75, 3.05) is 34.4 Å². The number of benzene rings is 1. The number of rotatable bonds is 7. The van der Waals surface area contributed by atoms with Gasteiger partial charge in [0.25, 0.3) is 0 Å². The highest BCUT2D eigenvalue weighted by atomic mass is 16.5. The van der Waals surface area contributed by atoms with Gasteiger partial charge in [0.2, 0.25) is 5.88 Å². The first-order valence-corrected chi connectivity index (χ1v) is 7.82. The van der Waals surface area contributed by atoms with Gasteiger partial charge < -0.3 is 19.7 Å². The van der Waals surface area contributed by atoms with Crippen molar-refractivity contribution in [1.82, 2.24) is 15.2 Å². The lowest BCUT2D eigenvalue weighted by molar-refractivity contribution is 0.281. The Morgan fingerprint density at radius 3 is 2.67 bits per heavy atom. The molecule has 0 spiro atoms. The molecule has 24 heavy (non-hydrogen) atoms. The van der Waals surface area contributed by atoms with Gasteiger partial charge in [-0.25, -0.2) is 4.98 Å². The summed E-state index contributed by atoms with van der Waals surface area (Å²) in [4.78, 5) is 10.7. The minimum atomic E-state index is 0.577. The lowest BCUT2D eigenvalue weighted by atomic mass is 10.3. The van der Waals surface area contributed by atoms with Crippen LogP contribution in [-0.4, -0.2) is 50.2 Å². The molecule has 0 fully saturated rings. The topological polar surface area (TPSA) is 59.0 Å². The van der Waals surface area contributed by atoms with E-state index in [4.69, 9.17) is 9.47 Å². The largest absolute Gasteiger partial charge is 0.492 e. The fourth-order valence-corrected chi connectivity index (χ4v) is 2.15. The van der Waals surface area contributed by atoms with E-state index in [1.54, 1.807) is 14.2 Å². The number of hydrogen-bond acceptors (Lipinski definition) is 4. The quantitative estimate of drug-likeness (QED) is 0.623. The van der Waals surface area contributed by atoms with Crippen LogP contribution in [0.1, 0.15) is 5.69 Å². The molecule has 1 N–H and O–H groups in total. The Hall–Kier alpha value is -2.76. The first-order chi connectivity index (χ1) is 11.7. The molecule has 2 aromatic rings. The van der Waals surface area contributed by atoms with Crippen molar-refractivity contribution in [2.24, 2.45) is 4.99 Å². The Bertz CT molecular complexity index is 646. The summed E-state index contributed by atoms with van der Waals surface area (Å²) in [6.45, 7) is 1.88. The second kappa shape index (κ2) is 9.39. The molecule has 0 aliphatic heterocycles. The van der Waals surface area contributed by atoms with Crippen molar-refractivity contribution in [3.63, 3.8) is 0 Å². The van der Waals surface area contributed by atoms with E-state index >= 15 is 0 Å². The van der Waals surface area contributed by atoms with E-state index in [0.29, 0.717) is 19.0 Å². The summed E-state index contributed by atoms with van der Waals surface area (Å²) >= 11 is 0. The van der Waals surface area contributed by atoms with Crippen molar-refractivity contribution in [3.8, 4) is 11.6 Å². The molecule has 1 heterocycles. The molecule has 0 atom stereocenters. The minimum Gasteiger partial charge on any atom is -0.492 e. The number of ether oxygens (including phenoxy) is 2. The zero-order valence-corrected chi connectivity index (χ0v) is 14.4. The monoisotopic (exact) mass is 328 g/mol. The lowest BCUT2D eigenvalue weighted by Gasteiger charge is -2.22. The maximum absolute atomic E-state index is 5.71. The molecule has 0 saturated carbocycles. The number of pyridine rings is 1. The predicted octanol–water partition coefficient (Wildman–Crippen LogP) is 2.18. The van der Waals surface area contributed by atoms with Gasteiger partial charge in [0.15, 0.2) is 5.96 Å². The van der Waals surface area contributed by atoms with Gasteiger partial charge in [-0.05, 0) is 18.2 Å². The van der Waals surface area contributed by atoms with Crippen LogP contribution in [0.25, 0.3) is 0 Å². The van der Waals surface area contributed by atoms with E-state index in [2.05, 4.69) is 15.3 Å². The molecular weight excluding hydrogens is 304 g/mol. The third-order valence-corrected chi connectivity index (χ3v) is 3.43. The summed E-state index contributed by atoms with van der Waals surface area (Å²) in [5, 5.41) is 3.29. The second-order valence-electron chi connectivity index (χ2n) is 5.16. The summed E-state index contributed by atoms with van der Waals surface area (Å²) < 4.78 is 10.8. The number of hydrogen-bond donors (Lipinski definition) is 1. The summed E-state index contributed by atoms with van der Waals surface area (Å²) in [5.41, 5.74) is 0.893. The molecular formula is C18H24N4O2. The molecule has 0 aliphatic carbocycles. The molecule has 2 rings (SSSR count). The summed E-state index contributed by atoms with van der Waals surface area (Å²) in [7, 11) is 5.34. The third-order valence-electron chi connectivity index (χ3n) is 3.43. The maximum Gasteiger partial charge on any atom is 0.213 e. The van der Waals surface area contributed by atoms with Gasteiger partial charge in [0, 0.05) is 20.2 Å². The predicted molar refractivity (Wildman–Crippen MR) is 95.6 cm³/mol. The van der Waals surface area contributed by atoms with Crippen LogP contribution < -0.4 is 14.8 Å². The van der Waals surface area contributed by atoms with Gasteiger partial charge in [-0.15, -0.1) is 0 Å². The number of methoxy groups -OCH3 is 1. The van der Waals surface area contributed by atoms with Crippen LogP contribution >= 0.6 is 0 Å². The molecule has 6 heteroatoms. The number of guanidine groups is 1. The van der Waals surface area contributed by atoms with Crippen molar-refractivity contribution in [1.29, 1.82) is 0 Å². The number of para-hydroxylation sites is 1. The zero-order chi connectivity index (χ0) is 17.2. The molecule has 0 saturated heterocycles. The van der Waals surface area contributed by atoms with Crippen molar-refractivity contribution < 1.29 is 9.47 Å². The minimum absolute atomic E-state index is 0.577. The Balaban J connectivity index is 1.79. The third kappa shape index (κ3) is 5.46. The second-order valence-corrected chi connectivity index (χ2v) is 5.16. The van der Waals surface area contributed by atoms with Gasteiger partial charge in [0.1, 0.15) is 12.4 Å². The molecule has 0 radical (unpaired) electrons. The number of likely N-dealkylation sites (N-methyl/N-ethyl adjacent to an activating group) is 1. The normalized spacial score (nSPS) is 11.0. The Labute approximate surface area is 143 Å².